The van der Waals surface area contributed by atoms with Gasteiger partial charge in [0.25, 0.3) is 0 Å². The number of nitrogens with one attached hydrogen (secondary N) is 1. The molecule has 0 aliphatic heterocycles. The van der Waals surface area contributed by atoms with Gasteiger partial charge in [-0.25, -0.2) is 4.39 Å². The van der Waals surface area contributed by atoms with Crippen LogP contribution in [0.3, 0.4) is 0 Å². The van der Waals surface area contributed by atoms with Crippen LogP contribution in [-0.4, -0.2) is 11.0 Å². The van der Waals surface area contributed by atoms with E-state index in [1.807, 2.05) is 0 Å². The zero-order valence-corrected chi connectivity index (χ0v) is 10.3. The summed E-state index contributed by atoms with van der Waals surface area (Å²) in [4.78, 5) is 4.13. The molecule has 1 aromatic rings. The molecule has 3 heteroatoms. The van der Waals surface area contributed by atoms with Gasteiger partial charge < -0.3 is 5.32 Å². The molecule has 0 bridgehead atoms. The summed E-state index contributed by atoms with van der Waals surface area (Å²) in [6.07, 6.45) is 4.46. The summed E-state index contributed by atoms with van der Waals surface area (Å²) in [5, 5.41) is 3.55. The highest BCUT2D eigenvalue weighted by Gasteiger charge is 2.14. The first kappa shape index (κ1) is 13.1. The van der Waals surface area contributed by atoms with Gasteiger partial charge in [-0.2, -0.15) is 0 Å². The van der Waals surface area contributed by atoms with Crippen molar-refractivity contribution in [1.82, 2.24) is 10.3 Å². The Balaban J connectivity index is 2.70. The number of halogens is 1. The zero-order chi connectivity index (χ0) is 12.0. The molecule has 16 heavy (non-hydrogen) atoms. The fourth-order valence-corrected chi connectivity index (χ4v) is 1.81. The maximum Gasteiger partial charge on any atom is 0.141 e. The lowest BCUT2D eigenvalue weighted by Gasteiger charge is -2.22. The lowest BCUT2D eigenvalue weighted by atomic mass is 10.1. The molecule has 0 fully saturated rings. The third-order valence-electron chi connectivity index (χ3n) is 2.94. The normalized spacial score (nSPS) is 13.1. The molecule has 0 aliphatic carbocycles. The zero-order valence-electron chi connectivity index (χ0n) is 10.3. The van der Waals surface area contributed by atoms with E-state index in [1.54, 1.807) is 6.07 Å². The molecule has 0 aromatic carbocycles. The van der Waals surface area contributed by atoms with Gasteiger partial charge in [0, 0.05) is 12.1 Å². The van der Waals surface area contributed by atoms with Crippen LogP contribution in [0.15, 0.2) is 18.3 Å². The van der Waals surface area contributed by atoms with Gasteiger partial charge in [-0.05, 0) is 31.4 Å². The third kappa shape index (κ3) is 3.56. The fraction of sp³-hybridized carbons (Fsp3) is 0.615. The van der Waals surface area contributed by atoms with Gasteiger partial charge in [0.15, 0.2) is 0 Å². The highest BCUT2D eigenvalue weighted by Crippen LogP contribution is 2.16. The number of rotatable bonds is 6. The number of nitrogens with zero attached hydrogens (tertiary/aromatic N) is 1. The van der Waals surface area contributed by atoms with Crippen molar-refractivity contribution in [2.75, 3.05) is 0 Å². The molecule has 1 rings (SSSR count). The van der Waals surface area contributed by atoms with E-state index in [9.17, 15) is 4.39 Å². The Morgan fingerprint density at radius 3 is 2.31 bits per heavy atom. The second-order valence-corrected chi connectivity index (χ2v) is 4.04. The molecule has 0 amide bonds. The topological polar surface area (TPSA) is 24.9 Å². The van der Waals surface area contributed by atoms with Crippen LogP contribution in [0, 0.1) is 5.82 Å². The van der Waals surface area contributed by atoms with E-state index in [-0.39, 0.29) is 11.9 Å². The van der Waals surface area contributed by atoms with Crippen LogP contribution in [0.25, 0.3) is 0 Å². The Morgan fingerprint density at radius 2 is 1.88 bits per heavy atom. The molecular weight excluding hydrogens is 203 g/mol. The Kier molecular flexibility index (Phi) is 5.39. The van der Waals surface area contributed by atoms with Gasteiger partial charge in [0.1, 0.15) is 5.82 Å². The Bertz CT molecular complexity index is 293. The van der Waals surface area contributed by atoms with Crippen LogP contribution in [0.2, 0.25) is 0 Å². The van der Waals surface area contributed by atoms with Crippen molar-refractivity contribution < 1.29 is 4.39 Å². The highest BCUT2D eigenvalue weighted by molar-refractivity contribution is 5.09. The Morgan fingerprint density at radius 1 is 1.19 bits per heavy atom. The lowest BCUT2D eigenvalue weighted by Crippen LogP contribution is -2.32. The number of aromatic nitrogens is 1. The first-order valence-electron chi connectivity index (χ1n) is 6.08. The average molecular weight is 224 g/mol. The maximum absolute atomic E-state index is 12.8. The predicted molar refractivity (Wildman–Crippen MR) is 64.7 cm³/mol. The molecule has 1 unspecified atom stereocenters. The molecule has 1 aromatic heterocycles. The largest absolute Gasteiger partial charge is 0.306 e. The summed E-state index contributed by atoms with van der Waals surface area (Å²) in [7, 11) is 0. The van der Waals surface area contributed by atoms with E-state index in [0.717, 1.165) is 25.0 Å². The van der Waals surface area contributed by atoms with Gasteiger partial charge in [0.05, 0.1) is 11.9 Å². The van der Waals surface area contributed by atoms with Crippen LogP contribution in [0.5, 0.6) is 0 Å². The minimum absolute atomic E-state index is 0.227. The first-order chi connectivity index (χ1) is 7.71. The van der Waals surface area contributed by atoms with Crippen molar-refractivity contribution in [2.24, 2.45) is 0 Å². The number of hydrogen-bond donors (Lipinski definition) is 1. The second-order valence-electron chi connectivity index (χ2n) is 4.04. The van der Waals surface area contributed by atoms with Crippen molar-refractivity contribution >= 4 is 0 Å². The Labute approximate surface area is 97.3 Å². The van der Waals surface area contributed by atoms with Crippen LogP contribution in [0.1, 0.15) is 51.8 Å². The van der Waals surface area contributed by atoms with Crippen molar-refractivity contribution in [3.8, 4) is 0 Å². The standard InChI is InChI=1S/C13H21FN2/c1-4-11(5-2)16-12(6-3)13-8-7-10(14)9-15-13/h7-9,11-12,16H,4-6H2,1-3H3. The summed E-state index contributed by atoms with van der Waals surface area (Å²) in [5.41, 5.74) is 0.927. The lowest BCUT2D eigenvalue weighted by molar-refractivity contribution is 0.400. The molecule has 0 saturated heterocycles. The maximum atomic E-state index is 12.8. The van der Waals surface area contributed by atoms with Crippen molar-refractivity contribution in [3.05, 3.63) is 29.8 Å². The van der Waals surface area contributed by atoms with E-state index >= 15 is 0 Å². The summed E-state index contributed by atoms with van der Waals surface area (Å²) < 4.78 is 12.8. The fourth-order valence-electron chi connectivity index (χ4n) is 1.81. The van der Waals surface area contributed by atoms with Crippen LogP contribution in [0.4, 0.5) is 4.39 Å². The van der Waals surface area contributed by atoms with E-state index in [2.05, 4.69) is 31.1 Å². The van der Waals surface area contributed by atoms with Gasteiger partial charge in [-0.15, -0.1) is 0 Å². The summed E-state index contributed by atoms with van der Waals surface area (Å²) in [5.74, 6) is -0.277. The molecule has 0 spiro atoms. The van der Waals surface area contributed by atoms with E-state index in [0.29, 0.717) is 6.04 Å². The average Bonchev–Trinajstić information content (AvgIpc) is 2.32. The van der Waals surface area contributed by atoms with Gasteiger partial charge in [0.2, 0.25) is 0 Å². The highest BCUT2D eigenvalue weighted by atomic mass is 19.1. The summed E-state index contributed by atoms with van der Waals surface area (Å²) in [6, 6.07) is 3.97. The molecule has 90 valence electrons. The van der Waals surface area contributed by atoms with E-state index < -0.39 is 0 Å². The third-order valence-corrected chi connectivity index (χ3v) is 2.94. The van der Waals surface area contributed by atoms with Crippen LogP contribution < -0.4 is 5.32 Å². The molecule has 0 aliphatic rings. The molecule has 0 saturated carbocycles. The van der Waals surface area contributed by atoms with Gasteiger partial charge in [-0.1, -0.05) is 20.8 Å². The smallest absolute Gasteiger partial charge is 0.141 e. The predicted octanol–water partition coefficient (Wildman–Crippen LogP) is 3.45. The van der Waals surface area contributed by atoms with Crippen LogP contribution in [-0.2, 0) is 0 Å². The molecule has 1 N–H and O–H groups in total. The summed E-state index contributed by atoms with van der Waals surface area (Å²) in [6.45, 7) is 6.46. The van der Waals surface area contributed by atoms with Crippen molar-refractivity contribution in [1.29, 1.82) is 0 Å². The van der Waals surface area contributed by atoms with E-state index in [1.165, 1.54) is 12.3 Å². The quantitative estimate of drug-likeness (QED) is 0.800. The molecule has 1 heterocycles. The SMILES string of the molecule is CCC(CC)NC(CC)c1ccc(F)cn1. The molecule has 0 radical (unpaired) electrons. The minimum Gasteiger partial charge on any atom is -0.306 e. The molecular formula is C13H21FN2. The Hall–Kier alpha value is -0.960. The van der Waals surface area contributed by atoms with Crippen molar-refractivity contribution in [2.45, 2.75) is 52.1 Å². The first-order valence-corrected chi connectivity index (χ1v) is 6.08. The monoisotopic (exact) mass is 224 g/mol. The minimum atomic E-state index is -0.277. The second kappa shape index (κ2) is 6.59. The molecule has 1 atom stereocenters. The van der Waals surface area contributed by atoms with Gasteiger partial charge >= 0.3 is 0 Å². The molecule has 2 nitrogen and oxygen atoms in total. The number of hydrogen-bond acceptors (Lipinski definition) is 2. The van der Waals surface area contributed by atoms with Gasteiger partial charge in [-0.3, -0.25) is 4.98 Å². The van der Waals surface area contributed by atoms with Crippen LogP contribution >= 0.6 is 0 Å². The van der Waals surface area contributed by atoms with E-state index in [4.69, 9.17) is 0 Å². The number of pyridine rings is 1. The summed E-state index contributed by atoms with van der Waals surface area (Å²) >= 11 is 0. The van der Waals surface area contributed by atoms with Crippen molar-refractivity contribution in [3.63, 3.8) is 0 Å².